The van der Waals surface area contributed by atoms with Crippen molar-refractivity contribution in [1.82, 2.24) is 9.62 Å². The van der Waals surface area contributed by atoms with E-state index in [1.165, 1.54) is 16.8 Å². The van der Waals surface area contributed by atoms with Gasteiger partial charge in [0, 0.05) is 24.7 Å². The van der Waals surface area contributed by atoms with Gasteiger partial charge in [-0.05, 0) is 36.5 Å². The highest BCUT2D eigenvalue weighted by Gasteiger charge is 2.29. The third kappa shape index (κ3) is 4.42. The topological polar surface area (TPSA) is 66.5 Å². The van der Waals surface area contributed by atoms with Crippen LogP contribution in [-0.4, -0.2) is 37.8 Å². The van der Waals surface area contributed by atoms with Crippen molar-refractivity contribution in [2.45, 2.75) is 57.9 Å². The molecule has 0 spiro atoms. The van der Waals surface area contributed by atoms with E-state index in [0.717, 1.165) is 12.8 Å². The molecule has 140 valence electrons. The fourth-order valence-corrected chi connectivity index (χ4v) is 5.05. The standard InChI is InChI=1S/C19H30N2O3S/c1-5-21(6-2)25(23,24)17-11-8-10-16(13-17)19(22)20-18-12-7-9-14(3)15(18)4/h8,10-11,13-15,18H,5-7,9,12H2,1-4H3,(H,20,22). The van der Waals surface area contributed by atoms with Gasteiger partial charge >= 0.3 is 0 Å². The summed E-state index contributed by atoms with van der Waals surface area (Å²) in [6, 6.07) is 6.50. The Morgan fingerprint density at radius 3 is 2.52 bits per heavy atom. The largest absolute Gasteiger partial charge is 0.349 e. The van der Waals surface area contributed by atoms with E-state index in [0.29, 0.717) is 30.5 Å². The molecule has 1 saturated carbocycles. The molecule has 0 saturated heterocycles. The van der Waals surface area contributed by atoms with Crippen molar-refractivity contribution in [3.63, 3.8) is 0 Å². The average Bonchev–Trinajstić information content (AvgIpc) is 2.60. The maximum atomic E-state index is 12.6. The zero-order valence-electron chi connectivity index (χ0n) is 15.7. The molecular weight excluding hydrogens is 336 g/mol. The van der Waals surface area contributed by atoms with Gasteiger partial charge in [0.25, 0.3) is 5.91 Å². The molecular formula is C19H30N2O3S. The van der Waals surface area contributed by atoms with Crippen LogP contribution in [0.1, 0.15) is 57.3 Å². The molecule has 1 amide bonds. The van der Waals surface area contributed by atoms with E-state index in [9.17, 15) is 13.2 Å². The van der Waals surface area contributed by atoms with Crippen molar-refractivity contribution in [3.05, 3.63) is 29.8 Å². The van der Waals surface area contributed by atoms with Gasteiger partial charge < -0.3 is 5.32 Å². The molecule has 3 unspecified atom stereocenters. The lowest BCUT2D eigenvalue weighted by molar-refractivity contribution is 0.0891. The summed E-state index contributed by atoms with van der Waals surface area (Å²) in [6.45, 7) is 8.84. The summed E-state index contributed by atoms with van der Waals surface area (Å²) < 4.78 is 26.7. The molecule has 1 fully saturated rings. The second-order valence-corrected chi connectivity index (χ2v) is 8.90. The quantitative estimate of drug-likeness (QED) is 0.840. The molecule has 1 aliphatic carbocycles. The second kappa shape index (κ2) is 8.32. The number of nitrogens with zero attached hydrogens (tertiary/aromatic N) is 1. The summed E-state index contributed by atoms with van der Waals surface area (Å²) in [5.74, 6) is 0.830. The summed E-state index contributed by atoms with van der Waals surface area (Å²) in [5, 5.41) is 3.10. The minimum atomic E-state index is -3.56. The first-order valence-corrected chi connectivity index (χ1v) is 10.7. The maximum Gasteiger partial charge on any atom is 0.251 e. The first-order chi connectivity index (χ1) is 11.8. The van der Waals surface area contributed by atoms with Gasteiger partial charge in [-0.3, -0.25) is 4.79 Å². The highest BCUT2D eigenvalue weighted by atomic mass is 32.2. The molecule has 0 bridgehead atoms. The lowest BCUT2D eigenvalue weighted by atomic mass is 9.78. The van der Waals surface area contributed by atoms with Crippen LogP contribution in [0.5, 0.6) is 0 Å². The zero-order chi connectivity index (χ0) is 18.6. The molecule has 0 radical (unpaired) electrons. The molecule has 3 atom stereocenters. The number of amides is 1. The number of benzene rings is 1. The first-order valence-electron chi connectivity index (χ1n) is 9.22. The SMILES string of the molecule is CCN(CC)S(=O)(=O)c1cccc(C(=O)NC2CCCC(C)C2C)c1. The third-order valence-electron chi connectivity index (χ3n) is 5.46. The van der Waals surface area contributed by atoms with Crippen molar-refractivity contribution in [1.29, 1.82) is 0 Å². The molecule has 6 heteroatoms. The van der Waals surface area contributed by atoms with Crippen LogP contribution in [0.4, 0.5) is 0 Å². The van der Waals surface area contributed by atoms with E-state index in [4.69, 9.17) is 0 Å². The molecule has 5 nitrogen and oxygen atoms in total. The van der Waals surface area contributed by atoms with Crippen molar-refractivity contribution in [2.24, 2.45) is 11.8 Å². The van der Waals surface area contributed by atoms with Crippen LogP contribution in [0.2, 0.25) is 0 Å². The van der Waals surface area contributed by atoms with Crippen LogP contribution >= 0.6 is 0 Å². The smallest absolute Gasteiger partial charge is 0.251 e. The van der Waals surface area contributed by atoms with Crippen molar-refractivity contribution in [3.8, 4) is 0 Å². The molecule has 1 aliphatic rings. The summed E-state index contributed by atoms with van der Waals surface area (Å²) >= 11 is 0. The Morgan fingerprint density at radius 1 is 1.20 bits per heavy atom. The molecule has 0 aliphatic heterocycles. The summed E-state index contributed by atoms with van der Waals surface area (Å²) in [4.78, 5) is 12.8. The lowest BCUT2D eigenvalue weighted by Gasteiger charge is -2.34. The van der Waals surface area contributed by atoms with E-state index in [-0.39, 0.29) is 16.8 Å². The Morgan fingerprint density at radius 2 is 1.88 bits per heavy atom. The van der Waals surface area contributed by atoms with Crippen LogP contribution in [0.25, 0.3) is 0 Å². The zero-order valence-corrected chi connectivity index (χ0v) is 16.5. The predicted molar refractivity (Wildman–Crippen MR) is 100.0 cm³/mol. The Hall–Kier alpha value is -1.40. The number of sulfonamides is 1. The minimum absolute atomic E-state index is 0.152. The fourth-order valence-electron chi connectivity index (χ4n) is 3.55. The van der Waals surface area contributed by atoms with Crippen LogP contribution in [0.3, 0.4) is 0 Å². The van der Waals surface area contributed by atoms with E-state index >= 15 is 0 Å². The van der Waals surface area contributed by atoms with Gasteiger partial charge in [-0.2, -0.15) is 4.31 Å². The summed E-state index contributed by atoms with van der Waals surface area (Å²) in [6.07, 6.45) is 3.30. The van der Waals surface area contributed by atoms with E-state index in [1.54, 1.807) is 18.2 Å². The van der Waals surface area contributed by atoms with Crippen molar-refractivity contribution >= 4 is 15.9 Å². The Bertz CT molecular complexity index is 698. The monoisotopic (exact) mass is 366 g/mol. The average molecular weight is 367 g/mol. The molecule has 1 N–H and O–H groups in total. The molecule has 25 heavy (non-hydrogen) atoms. The normalized spacial score (nSPS) is 24.3. The first kappa shape index (κ1) is 19.9. The minimum Gasteiger partial charge on any atom is -0.349 e. The summed E-state index contributed by atoms with van der Waals surface area (Å²) in [7, 11) is -3.56. The number of hydrogen-bond acceptors (Lipinski definition) is 3. The van der Waals surface area contributed by atoms with Crippen molar-refractivity contribution < 1.29 is 13.2 Å². The molecule has 2 rings (SSSR count). The van der Waals surface area contributed by atoms with Crippen molar-refractivity contribution in [2.75, 3.05) is 13.1 Å². The molecule has 0 heterocycles. The van der Waals surface area contributed by atoms with Gasteiger partial charge in [-0.1, -0.05) is 46.6 Å². The molecule has 1 aromatic carbocycles. The van der Waals surface area contributed by atoms with Crippen LogP contribution in [-0.2, 0) is 10.0 Å². The Balaban J connectivity index is 2.19. The maximum absolute atomic E-state index is 12.6. The van der Waals surface area contributed by atoms with Gasteiger partial charge in [0.15, 0.2) is 0 Å². The van der Waals surface area contributed by atoms with Crippen LogP contribution in [0.15, 0.2) is 29.2 Å². The van der Waals surface area contributed by atoms with Gasteiger partial charge in [0.1, 0.15) is 0 Å². The van der Waals surface area contributed by atoms with Crippen LogP contribution in [0, 0.1) is 11.8 Å². The highest BCUT2D eigenvalue weighted by molar-refractivity contribution is 7.89. The molecule has 1 aromatic rings. The van der Waals surface area contributed by atoms with Gasteiger partial charge in [-0.15, -0.1) is 0 Å². The number of carbonyl (C=O) groups excluding carboxylic acids is 1. The number of rotatable bonds is 6. The molecule has 0 aromatic heterocycles. The van der Waals surface area contributed by atoms with Gasteiger partial charge in [-0.25, -0.2) is 8.42 Å². The number of nitrogens with one attached hydrogen (secondary N) is 1. The second-order valence-electron chi connectivity index (χ2n) is 6.96. The van der Waals surface area contributed by atoms with Crippen LogP contribution < -0.4 is 5.32 Å². The van der Waals surface area contributed by atoms with Gasteiger partial charge in [0.05, 0.1) is 4.90 Å². The van der Waals surface area contributed by atoms with E-state index in [1.807, 2.05) is 13.8 Å². The Labute approximate surface area is 151 Å². The predicted octanol–water partition coefficient (Wildman–Crippen LogP) is 3.27. The highest BCUT2D eigenvalue weighted by Crippen LogP contribution is 2.29. The number of carbonyl (C=O) groups is 1. The fraction of sp³-hybridized carbons (Fsp3) is 0.632. The van der Waals surface area contributed by atoms with Gasteiger partial charge in [0.2, 0.25) is 10.0 Å². The summed E-state index contributed by atoms with van der Waals surface area (Å²) in [5.41, 5.74) is 0.402. The number of hydrogen-bond donors (Lipinski definition) is 1. The lowest BCUT2D eigenvalue weighted by Crippen LogP contribution is -2.43. The van der Waals surface area contributed by atoms with E-state index in [2.05, 4.69) is 19.2 Å². The van der Waals surface area contributed by atoms with E-state index < -0.39 is 10.0 Å². The third-order valence-corrected chi connectivity index (χ3v) is 7.51. The Kier molecular flexibility index (Phi) is 6.63.